The minimum atomic E-state index is -3.10. The second kappa shape index (κ2) is 8.36. The lowest BCUT2D eigenvalue weighted by atomic mass is 9.83. The van der Waals surface area contributed by atoms with Crippen LogP contribution in [0.3, 0.4) is 0 Å². The molecule has 0 unspecified atom stereocenters. The predicted molar refractivity (Wildman–Crippen MR) is 98.7 cm³/mol. The molecule has 0 amide bonds. The van der Waals surface area contributed by atoms with Crippen molar-refractivity contribution in [2.75, 3.05) is 32.9 Å². The highest BCUT2D eigenvalue weighted by Gasteiger charge is 2.28. The molecule has 1 aliphatic rings. The van der Waals surface area contributed by atoms with Gasteiger partial charge in [-0.05, 0) is 45.4 Å². The zero-order valence-corrected chi connectivity index (χ0v) is 16.5. The van der Waals surface area contributed by atoms with Gasteiger partial charge >= 0.3 is 0 Å². The zero-order valence-electron chi connectivity index (χ0n) is 15.7. The molecule has 23 heavy (non-hydrogen) atoms. The average molecular weight is 346 g/mol. The van der Waals surface area contributed by atoms with Crippen LogP contribution < -0.4 is 5.32 Å². The van der Waals surface area contributed by atoms with Crippen molar-refractivity contribution in [3.05, 3.63) is 0 Å². The third kappa shape index (κ3) is 6.32. The standard InChI is InChI=1S/C17H35N3O2S/c1-14-7-9-15(10-8-14)13-20(6)16(18-5)19-11-12-23(21,22)17(2,3)4/h14-15H,7-13H2,1-6H3,(H,18,19). The lowest BCUT2D eigenvalue weighted by Gasteiger charge is -2.31. The molecule has 1 fully saturated rings. The summed E-state index contributed by atoms with van der Waals surface area (Å²) in [6, 6.07) is 0. The van der Waals surface area contributed by atoms with E-state index in [4.69, 9.17) is 0 Å². The Labute approximate surface area is 142 Å². The summed E-state index contributed by atoms with van der Waals surface area (Å²) in [6.45, 7) is 8.95. The molecule has 0 aliphatic heterocycles. The maximum Gasteiger partial charge on any atom is 0.193 e. The molecule has 0 atom stereocenters. The summed E-state index contributed by atoms with van der Waals surface area (Å²) in [7, 11) is 0.687. The number of nitrogens with one attached hydrogen (secondary N) is 1. The molecule has 1 saturated carbocycles. The first-order chi connectivity index (χ1) is 10.6. The Kier molecular flexibility index (Phi) is 7.36. The van der Waals surface area contributed by atoms with Gasteiger partial charge in [0.25, 0.3) is 0 Å². The highest BCUT2D eigenvalue weighted by atomic mass is 32.2. The lowest BCUT2D eigenvalue weighted by Crippen LogP contribution is -2.44. The van der Waals surface area contributed by atoms with Crippen molar-refractivity contribution in [1.82, 2.24) is 10.2 Å². The van der Waals surface area contributed by atoms with Crippen molar-refractivity contribution in [3.63, 3.8) is 0 Å². The fourth-order valence-electron chi connectivity index (χ4n) is 2.97. The summed E-state index contributed by atoms with van der Waals surface area (Å²) >= 11 is 0. The minimum Gasteiger partial charge on any atom is -0.355 e. The molecule has 0 saturated heterocycles. The largest absolute Gasteiger partial charge is 0.355 e. The van der Waals surface area contributed by atoms with E-state index in [1.165, 1.54) is 25.7 Å². The number of hydrogen-bond acceptors (Lipinski definition) is 3. The Morgan fingerprint density at radius 1 is 1.22 bits per heavy atom. The van der Waals surface area contributed by atoms with Crippen LogP contribution in [0.25, 0.3) is 0 Å². The van der Waals surface area contributed by atoms with E-state index in [1.807, 2.05) is 7.05 Å². The Balaban J connectivity index is 2.45. The molecule has 5 nitrogen and oxygen atoms in total. The van der Waals surface area contributed by atoms with Crippen LogP contribution in [-0.4, -0.2) is 57.0 Å². The maximum absolute atomic E-state index is 12.1. The van der Waals surface area contributed by atoms with E-state index >= 15 is 0 Å². The van der Waals surface area contributed by atoms with Gasteiger partial charge in [-0.15, -0.1) is 0 Å². The predicted octanol–water partition coefficient (Wildman–Crippen LogP) is 2.53. The van der Waals surface area contributed by atoms with Crippen molar-refractivity contribution in [2.24, 2.45) is 16.8 Å². The fraction of sp³-hybridized carbons (Fsp3) is 0.941. The highest BCUT2D eigenvalue weighted by molar-refractivity contribution is 7.92. The average Bonchev–Trinajstić information content (AvgIpc) is 2.44. The summed E-state index contributed by atoms with van der Waals surface area (Å²) in [5.41, 5.74) is 0. The molecular weight excluding hydrogens is 310 g/mol. The highest BCUT2D eigenvalue weighted by Crippen LogP contribution is 2.28. The molecule has 0 heterocycles. The normalized spacial score (nSPS) is 23.7. The van der Waals surface area contributed by atoms with Gasteiger partial charge in [0.15, 0.2) is 15.8 Å². The van der Waals surface area contributed by atoms with E-state index in [9.17, 15) is 8.42 Å². The van der Waals surface area contributed by atoms with Gasteiger partial charge in [0.05, 0.1) is 10.5 Å². The van der Waals surface area contributed by atoms with E-state index in [1.54, 1.807) is 27.8 Å². The number of nitrogens with zero attached hydrogens (tertiary/aromatic N) is 2. The molecule has 1 aliphatic carbocycles. The van der Waals surface area contributed by atoms with Crippen LogP contribution in [0.2, 0.25) is 0 Å². The molecule has 6 heteroatoms. The number of sulfone groups is 1. The second-order valence-electron chi connectivity index (χ2n) is 7.91. The number of hydrogen-bond donors (Lipinski definition) is 1. The van der Waals surface area contributed by atoms with Crippen LogP contribution in [0.15, 0.2) is 4.99 Å². The molecule has 0 spiro atoms. The summed E-state index contributed by atoms with van der Waals surface area (Å²) in [5, 5.41) is 3.19. The van der Waals surface area contributed by atoms with E-state index in [2.05, 4.69) is 22.1 Å². The minimum absolute atomic E-state index is 0.129. The van der Waals surface area contributed by atoms with Crippen molar-refractivity contribution < 1.29 is 8.42 Å². The smallest absolute Gasteiger partial charge is 0.193 e. The molecule has 0 radical (unpaired) electrons. The van der Waals surface area contributed by atoms with Gasteiger partial charge in [0.1, 0.15) is 0 Å². The van der Waals surface area contributed by atoms with Gasteiger partial charge in [-0.25, -0.2) is 8.42 Å². The van der Waals surface area contributed by atoms with E-state index in [0.717, 1.165) is 18.4 Å². The van der Waals surface area contributed by atoms with E-state index < -0.39 is 14.6 Å². The Bertz CT molecular complexity index is 486. The SMILES string of the molecule is CN=C(NCCS(=O)(=O)C(C)(C)C)N(C)CC1CCC(C)CC1. The van der Waals surface area contributed by atoms with Crippen LogP contribution in [0.4, 0.5) is 0 Å². The molecule has 0 bridgehead atoms. The van der Waals surface area contributed by atoms with Crippen LogP contribution in [-0.2, 0) is 9.84 Å². The molecular formula is C17H35N3O2S. The Morgan fingerprint density at radius 3 is 2.26 bits per heavy atom. The molecule has 1 rings (SSSR count). The first kappa shape index (κ1) is 20.3. The zero-order chi connectivity index (χ0) is 17.7. The first-order valence-corrected chi connectivity index (χ1v) is 10.4. The molecule has 1 N–H and O–H groups in total. The van der Waals surface area contributed by atoms with Crippen molar-refractivity contribution in [1.29, 1.82) is 0 Å². The number of rotatable bonds is 5. The fourth-order valence-corrected chi connectivity index (χ4v) is 3.96. The third-order valence-corrected chi connectivity index (χ3v) is 7.44. The summed E-state index contributed by atoms with van der Waals surface area (Å²) in [4.78, 5) is 6.42. The third-order valence-electron chi connectivity index (χ3n) is 4.83. The monoisotopic (exact) mass is 345 g/mol. The van der Waals surface area contributed by atoms with Crippen LogP contribution in [0.1, 0.15) is 53.4 Å². The quantitative estimate of drug-likeness (QED) is 0.614. The first-order valence-electron chi connectivity index (χ1n) is 8.71. The van der Waals surface area contributed by atoms with Crippen molar-refractivity contribution >= 4 is 15.8 Å². The van der Waals surface area contributed by atoms with Crippen molar-refractivity contribution in [2.45, 2.75) is 58.1 Å². The van der Waals surface area contributed by atoms with Crippen LogP contribution in [0.5, 0.6) is 0 Å². The Hall–Kier alpha value is -0.780. The van der Waals surface area contributed by atoms with Gasteiger partial charge in [-0.2, -0.15) is 0 Å². The topological polar surface area (TPSA) is 61.8 Å². The lowest BCUT2D eigenvalue weighted by molar-refractivity contribution is 0.250. The Morgan fingerprint density at radius 2 is 1.78 bits per heavy atom. The molecule has 0 aromatic heterocycles. The van der Waals surface area contributed by atoms with E-state index in [-0.39, 0.29) is 5.75 Å². The summed E-state index contributed by atoms with van der Waals surface area (Å²) < 4.78 is 23.6. The van der Waals surface area contributed by atoms with Gasteiger partial charge in [0.2, 0.25) is 0 Å². The molecule has 136 valence electrons. The number of guanidine groups is 1. The summed E-state index contributed by atoms with van der Waals surface area (Å²) in [5.74, 6) is 2.49. The van der Waals surface area contributed by atoms with Crippen LogP contribution in [0, 0.1) is 11.8 Å². The number of aliphatic imine (C=N–C) groups is 1. The molecule has 0 aromatic carbocycles. The van der Waals surface area contributed by atoms with E-state index in [0.29, 0.717) is 12.5 Å². The van der Waals surface area contributed by atoms with Gasteiger partial charge < -0.3 is 10.2 Å². The van der Waals surface area contributed by atoms with Gasteiger partial charge in [-0.1, -0.05) is 19.8 Å². The summed E-state index contributed by atoms with van der Waals surface area (Å²) in [6.07, 6.45) is 5.19. The second-order valence-corrected chi connectivity index (χ2v) is 10.8. The maximum atomic E-state index is 12.1. The van der Waals surface area contributed by atoms with Crippen molar-refractivity contribution in [3.8, 4) is 0 Å². The van der Waals surface area contributed by atoms with Gasteiger partial charge in [-0.3, -0.25) is 4.99 Å². The van der Waals surface area contributed by atoms with Gasteiger partial charge in [0, 0.05) is 27.2 Å². The molecule has 0 aromatic rings. The van der Waals surface area contributed by atoms with Crippen LogP contribution >= 0.6 is 0 Å².